The normalized spacial score (nSPS) is 60.1. The van der Waals surface area contributed by atoms with Crippen molar-refractivity contribution < 1.29 is 28.9 Å². The second-order valence-electron chi connectivity index (χ2n) is 14.3. The van der Waals surface area contributed by atoms with Crippen LogP contribution in [-0.4, -0.2) is 46.1 Å². The van der Waals surface area contributed by atoms with Gasteiger partial charge >= 0.3 is 11.9 Å². The number of epoxide rings is 1. The highest BCUT2D eigenvalue weighted by atomic mass is 16.6. The Balaban J connectivity index is 1.29. The Kier molecular flexibility index (Phi) is 3.81. The molecule has 6 fully saturated rings. The lowest BCUT2D eigenvalue weighted by Crippen LogP contribution is -2.51. The quantitative estimate of drug-likeness (QED) is 0.235. The highest BCUT2D eigenvalue weighted by Crippen LogP contribution is 2.78. The van der Waals surface area contributed by atoms with Crippen molar-refractivity contribution in [2.24, 2.45) is 40.4 Å². The van der Waals surface area contributed by atoms with E-state index in [9.17, 15) is 14.7 Å². The Morgan fingerprint density at radius 3 is 2.53 bits per heavy atom. The van der Waals surface area contributed by atoms with Crippen LogP contribution in [0.5, 0.6) is 0 Å². The van der Waals surface area contributed by atoms with Crippen molar-refractivity contribution in [3.8, 4) is 0 Å². The van der Waals surface area contributed by atoms with Gasteiger partial charge in [-0.15, -0.1) is 0 Å². The van der Waals surface area contributed by atoms with Gasteiger partial charge in [-0.3, -0.25) is 4.79 Å². The van der Waals surface area contributed by atoms with E-state index in [4.69, 9.17) is 14.2 Å². The first-order chi connectivity index (χ1) is 16.9. The number of esters is 2. The summed E-state index contributed by atoms with van der Waals surface area (Å²) >= 11 is 0. The molecule has 36 heavy (non-hydrogen) atoms. The molecule has 12 atom stereocenters. The molecule has 3 saturated heterocycles. The Labute approximate surface area is 212 Å². The highest BCUT2D eigenvalue weighted by Gasteiger charge is 2.82. The number of carbonyl (C=O) groups is 2. The van der Waals surface area contributed by atoms with Gasteiger partial charge in [0.25, 0.3) is 0 Å². The lowest BCUT2D eigenvalue weighted by Gasteiger charge is -2.48. The third kappa shape index (κ3) is 2.12. The summed E-state index contributed by atoms with van der Waals surface area (Å²) < 4.78 is 19.1. The summed E-state index contributed by atoms with van der Waals surface area (Å²) in [7, 11) is 0. The van der Waals surface area contributed by atoms with Crippen LogP contribution in [0.2, 0.25) is 0 Å². The van der Waals surface area contributed by atoms with Gasteiger partial charge < -0.3 is 19.3 Å². The van der Waals surface area contributed by atoms with Crippen LogP contribution in [0.1, 0.15) is 79.1 Å². The monoisotopic (exact) mass is 494 g/mol. The topological polar surface area (TPSA) is 85.4 Å². The summed E-state index contributed by atoms with van der Waals surface area (Å²) in [6.07, 6.45) is 6.30. The molecule has 0 aromatic heterocycles. The minimum absolute atomic E-state index is 0.0591. The molecule has 0 amide bonds. The zero-order valence-corrected chi connectivity index (χ0v) is 21.9. The summed E-state index contributed by atoms with van der Waals surface area (Å²) in [5, 5.41) is 11.7. The van der Waals surface area contributed by atoms with E-state index < -0.39 is 22.5 Å². The predicted octanol–water partition coefficient (Wildman–Crippen LogP) is 4.25. The van der Waals surface area contributed by atoms with E-state index in [1.165, 1.54) is 0 Å². The number of fused-ring (bicyclic) bond motifs is 10. The van der Waals surface area contributed by atoms with Crippen molar-refractivity contribution in [3.63, 3.8) is 0 Å². The molecule has 5 aliphatic carbocycles. The Bertz CT molecular complexity index is 1180. The summed E-state index contributed by atoms with van der Waals surface area (Å²) in [4.78, 5) is 26.9. The molecule has 2 bridgehead atoms. The second-order valence-corrected chi connectivity index (χ2v) is 14.3. The van der Waals surface area contributed by atoms with Crippen LogP contribution in [0.3, 0.4) is 0 Å². The molecule has 3 aliphatic heterocycles. The van der Waals surface area contributed by atoms with Crippen molar-refractivity contribution >= 4 is 11.9 Å². The smallest absolute Gasteiger partial charge is 0.334 e. The summed E-state index contributed by atoms with van der Waals surface area (Å²) in [6, 6.07) is 0. The highest BCUT2D eigenvalue weighted by molar-refractivity contribution is 5.92. The predicted molar refractivity (Wildman–Crippen MR) is 129 cm³/mol. The fraction of sp³-hybridized carbons (Fsp3) is 0.800. The molecule has 8 aliphatic rings. The fourth-order valence-electron chi connectivity index (χ4n) is 11.4. The Morgan fingerprint density at radius 2 is 1.75 bits per heavy atom. The van der Waals surface area contributed by atoms with Crippen LogP contribution >= 0.6 is 0 Å². The number of rotatable bonds is 0. The third-order valence-corrected chi connectivity index (χ3v) is 12.9. The van der Waals surface area contributed by atoms with Gasteiger partial charge in [-0.05, 0) is 88.2 Å². The van der Waals surface area contributed by atoms with Gasteiger partial charge in [-0.1, -0.05) is 20.4 Å². The van der Waals surface area contributed by atoms with Crippen molar-refractivity contribution in [3.05, 3.63) is 23.3 Å². The lowest BCUT2D eigenvalue weighted by atomic mass is 9.52. The molecule has 194 valence electrons. The average Bonchev–Trinajstić information content (AvgIpc) is 3.16. The fourth-order valence-corrected chi connectivity index (χ4v) is 11.4. The third-order valence-electron chi connectivity index (χ3n) is 12.9. The van der Waals surface area contributed by atoms with Crippen LogP contribution in [0.4, 0.5) is 0 Å². The van der Waals surface area contributed by atoms with E-state index in [1.807, 2.05) is 6.92 Å². The molecule has 3 saturated carbocycles. The van der Waals surface area contributed by atoms with Gasteiger partial charge in [0.15, 0.2) is 0 Å². The molecule has 1 N–H and O–H groups in total. The first kappa shape index (κ1) is 22.3. The molecule has 2 spiro atoms. The molecule has 0 radical (unpaired) electrons. The van der Waals surface area contributed by atoms with Crippen molar-refractivity contribution in [1.82, 2.24) is 0 Å². The first-order valence-electron chi connectivity index (χ1n) is 14.2. The molecule has 6 heteroatoms. The van der Waals surface area contributed by atoms with Gasteiger partial charge in [-0.25, -0.2) is 4.79 Å². The summed E-state index contributed by atoms with van der Waals surface area (Å²) in [6.45, 7) is 12.8. The van der Waals surface area contributed by atoms with Crippen molar-refractivity contribution in [2.75, 3.05) is 0 Å². The van der Waals surface area contributed by atoms with Gasteiger partial charge in [0.05, 0.1) is 16.6 Å². The minimum atomic E-state index is -0.964. The zero-order valence-electron chi connectivity index (χ0n) is 21.9. The summed E-state index contributed by atoms with van der Waals surface area (Å²) in [5.74, 6) is 0.411. The van der Waals surface area contributed by atoms with Crippen LogP contribution in [0, 0.1) is 40.4 Å². The molecule has 8 rings (SSSR count). The molecule has 0 unspecified atom stereocenters. The average molecular weight is 495 g/mol. The van der Waals surface area contributed by atoms with E-state index in [2.05, 4.69) is 27.4 Å². The van der Waals surface area contributed by atoms with E-state index in [1.54, 1.807) is 0 Å². The molecule has 3 heterocycles. The number of hydrogen-bond acceptors (Lipinski definition) is 6. The number of aliphatic hydroxyl groups is 1. The second kappa shape index (κ2) is 6.14. The SMILES string of the molecule is C=C1C(=O)O[C@@H]2C3=C([C@H]4C[C@@]3(C)[C@]3(C4)C(=O)O[C@@H]4[C@H]5[C@H](C)CC[C@@]56O[C@@]6(C)CC[C@H]43)[C@@](C)(O)CC[C@@H]12. The van der Waals surface area contributed by atoms with E-state index in [-0.39, 0.29) is 52.9 Å². The molecule has 0 aromatic carbocycles. The largest absolute Gasteiger partial charge is 0.461 e. The number of hydrogen-bond donors (Lipinski definition) is 1. The molecule has 0 aromatic rings. The molecular formula is C30H38O6. The van der Waals surface area contributed by atoms with Gasteiger partial charge in [0.2, 0.25) is 0 Å². The van der Waals surface area contributed by atoms with Crippen LogP contribution < -0.4 is 0 Å². The van der Waals surface area contributed by atoms with E-state index in [0.29, 0.717) is 24.3 Å². The minimum Gasteiger partial charge on any atom is -0.461 e. The van der Waals surface area contributed by atoms with E-state index >= 15 is 0 Å². The number of ether oxygens (including phenoxy) is 3. The number of carbonyl (C=O) groups excluding carboxylic acids is 2. The van der Waals surface area contributed by atoms with Crippen LogP contribution in [0.15, 0.2) is 23.3 Å². The maximum Gasteiger partial charge on any atom is 0.334 e. The standard InChI is InChI=1S/C30H38O6/c1-14-6-11-30-19(14)23-18(8-10-28(30,5)36-30)29(25(32)35-23)13-16-12-26(29,3)21-20(16)27(4,33)9-7-17-15(2)24(31)34-22(17)21/h14,16-19,22-23,33H,2,6-13H2,1,3-5H3/t14-,16+,17+,18-,19-,22+,23+,26-,27+,28+,29+,30-/m1/s1. The van der Waals surface area contributed by atoms with Crippen molar-refractivity contribution in [2.45, 2.75) is 108 Å². The van der Waals surface area contributed by atoms with Crippen LogP contribution in [-0.2, 0) is 23.8 Å². The molecular weight excluding hydrogens is 456 g/mol. The Hall–Kier alpha value is -1.66. The van der Waals surface area contributed by atoms with Gasteiger partial charge in [0, 0.05) is 28.7 Å². The van der Waals surface area contributed by atoms with Crippen LogP contribution in [0.25, 0.3) is 0 Å². The van der Waals surface area contributed by atoms with Crippen molar-refractivity contribution in [1.29, 1.82) is 0 Å². The maximum absolute atomic E-state index is 14.2. The lowest BCUT2D eigenvalue weighted by molar-refractivity contribution is -0.155. The molecule has 6 nitrogen and oxygen atoms in total. The van der Waals surface area contributed by atoms with E-state index in [0.717, 1.165) is 49.7 Å². The van der Waals surface area contributed by atoms with Gasteiger partial charge in [-0.2, -0.15) is 0 Å². The first-order valence-corrected chi connectivity index (χ1v) is 14.2. The zero-order chi connectivity index (χ0) is 25.2. The maximum atomic E-state index is 14.2. The summed E-state index contributed by atoms with van der Waals surface area (Å²) in [5.41, 5.74) is 0.222. The van der Waals surface area contributed by atoms with Gasteiger partial charge in [0.1, 0.15) is 17.8 Å². The Morgan fingerprint density at radius 1 is 0.972 bits per heavy atom.